The first-order valence-electron chi connectivity index (χ1n) is 6.14. The molecule has 0 heterocycles. The second-order valence-corrected chi connectivity index (χ2v) is 2.15. The van der Waals surface area contributed by atoms with Crippen molar-refractivity contribution in [2.24, 2.45) is 5.73 Å². The van der Waals surface area contributed by atoms with Crippen molar-refractivity contribution in [3.63, 3.8) is 0 Å². The molecular formula is C9H14ClNO. The summed E-state index contributed by atoms with van der Waals surface area (Å²) in [5.74, 6) is 0.0715. The second-order valence-electron chi connectivity index (χ2n) is 2.15. The van der Waals surface area contributed by atoms with Crippen LogP contribution in [0.15, 0.2) is 24.3 Å². The van der Waals surface area contributed by atoms with Gasteiger partial charge in [0.25, 0.3) is 0 Å². The molecule has 0 spiro atoms. The summed E-state index contributed by atoms with van der Waals surface area (Å²) in [6.45, 7) is -2.33. The SMILES string of the molecule is Cl.[2H]C([2H])([2H])Oc1cccc(C(N)C([2H])([2H])[2H])c1. The molecule has 0 bridgehead atoms. The van der Waals surface area contributed by atoms with Gasteiger partial charge in [-0.15, -0.1) is 12.4 Å². The summed E-state index contributed by atoms with van der Waals surface area (Å²) in [4.78, 5) is 0. The maximum absolute atomic E-state index is 7.18. The minimum absolute atomic E-state index is 0. The Morgan fingerprint density at radius 1 is 1.58 bits per heavy atom. The maximum Gasteiger partial charge on any atom is 0.119 e. The topological polar surface area (TPSA) is 35.2 Å². The minimum atomic E-state index is -2.57. The van der Waals surface area contributed by atoms with Crippen LogP contribution in [0, 0.1) is 0 Å². The van der Waals surface area contributed by atoms with Crippen molar-refractivity contribution in [3.05, 3.63) is 29.8 Å². The van der Waals surface area contributed by atoms with Crippen LogP contribution in [0.3, 0.4) is 0 Å². The van der Waals surface area contributed by atoms with Gasteiger partial charge in [0.05, 0.1) is 11.2 Å². The predicted octanol–water partition coefficient (Wildman–Crippen LogP) is 2.14. The molecule has 0 saturated heterocycles. The molecule has 2 nitrogen and oxygen atoms in total. The molecular weight excluding hydrogens is 174 g/mol. The summed E-state index contributed by atoms with van der Waals surface area (Å²) in [6, 6.07) is 4.61. The monoisotopic (exact) mass is 193 g/mol. The predicted molar refractivity (Wildman–Crippen MR) is 52.8 cm³/mol. The number of ether oxygens (including phenoxy) is 1. The van der Waals surface area contributed by atoms with Crippen molar-refractivity contribution in [1.29, 1.82) is 0 Å². The van der Waals surface area contributed by atoms with Crippen LogP contribution < -0.4 is 10.5 Å². The Balaban J connectivity index is 0.00000289. The number of nitrogens with two attached hydrogens (primary N) is 1. The molecule has 3 heteroatoms. The van der Waals surface area contributed by atoms with Crippen LogP contribution in [-0.4, -0.2) is 7.04 Å². The zero-order valence-electron chi connectivity index (χ0n) is 12.3. The van der Waals surface area contributed by atoms with Crippen LogP contribution in [0.2, 0.25) is 0 Å². The van der Waals surface area contributed by atoms with Crippen molar-refractivity contribution >= 4 is 12.4 Å². The number of halogens is 1. The lowest BCUT2D eigenvalue weighted by Crippen LogP contribution is -2.04. The molecule has 0 radical (unpaired) electrons. The number of hydrogen-bond donors (Lipinski definition) is 1. The van der Waals surface area contributed by atoms with Gasteiger partial charge in [-0.25, -0.2) is 0 Å². The molecule has 0 saturated carbocycles. The van der Waals surface area contributed by atoms with E-state index in [0.29, 0.717) is 5.56 Å². The van der Waals surface area contributed by atoms with E-state index in [1.807, 2.05) is 0 Å². The van der Waals surface area contributed by atoms with E-state index < -0.39 is 19.9 Å². The Bertz CT molecular complexity index is 391. The second kappa shape index (κ2) is 5.01. The number of hydrogen-bond acceptors (Lipinski definition) is 2. The van der Waals surface area contributed by atoms with Crippen molar-refractivity contribution < 1.29 is 13.0 Å². The normalized spacial score (nSPS) is 21.1. The summed E-state index contributed by atoms with van der Waals surface area (Å²) < 4.78 is 47.0. The van der Waals surface area contributed by atoms with E-state index in [2.05, 4.69) is 4.74 Å². The largest absolute Gasteiger partial charge is 0.497 e. The third-order valence-corrected chi connectivity index (χ3v) is 1.34. The van der Waals surface area contributed by atoms with Gasteiger partial charge >= 0.3 is 0 Å². The van der Waals surface area contributed by atoms with Gasteiger partial charge in [0.15, 0.2) is 0 Å². The van der Waals surface area contributed by atoms with E-state index >= 15 is 0 Å². The van der Waals surface area contributed by atoms with Gasteiger partial charge in [0, 0.05) is 10.2 Å². The van der Waals surface area contributed by atoms with E-state index in [1.54, 1.807) is 0 Å². The van der Waals surface area contributed by atoms with E-state index in [-0.39, 0.29) is 18.2 Å². The van der Waals surface area contributed by atoms with Gasteiger partial charge in [0.1, 0.15) is 5.75 Å². The fraction of sp³-hybridized carbons (Fsp3) is 0.333. The summed E-state index contributed by atoms with van der Waals surface area (Å²) >= 11 is 0. The van der Waals surface area contributed by atoms with Gasteiger partial charge in [-0.2, -0.15) is 0 Å². The smallest absolute Gasteiger partial charge is 0.119 e. The third kappa shape index (κ3) is 2.72. The highest BCUT2D eigenvalue weighted by Crippen LogP contribution is 2.16. The average Bonchev–Trinajstić information content (AvgIpc) is 2.12. The Morgan fingerprint density at radius 2 is 2.42 bits per heavy atom. The molecule has 1 rings (SSSR count). The molecule has 2 N–H and O–H groups in total. The highest BCUT2D eigenvalue weighted by molar-refractivity contribution is 5.85. The van der Waals surface area contributed by atoms with Crippen molar-refractivity contribution in [1.82, 2.24) is 0 Å². The highest BCUT2D eigenvalue weighted by atomic mass is 35.5. The van der Waals surface area contributed by atoms with Crippen LogP contribution in [0.4, 0.5) is 0 Å². The average molecular weight is 194 g/mol. The maximum atomic E-state index is 7.18. The van der Waals surface area contributed by atoms with E-state index in [9.17, 15) is 0 Å². The zero-order valence-corrected chi connectivity index (χ0v) is 7.10. The summed E-state index contributed by atoms with van der Waals surface area (Å²) in [7, 11) is -2.57. The quantitative estimate of drug-likeness (QED) is 0.781. The Kier molecular flexibility index (Phi) is 1.88. The van der Waals surface area contributed by atoms with Gasteiger partial charge < -0.3 is 10.5 Å². The highest BCUT2D eigenvalue weighted by Gasteiger charge is 1.98. The lowest BCUT2D eigenvalue weighted by Gasteiger charge is -2.06. The van der Waals surface area contributed by atoms with Gasteiger partial charge in [-0.05, 0) is 24.5 Å². The lowest BCUT2D eigenvalue weighted by atomic mass is 10.1. The van der Waals surface area contributed by atoms with Gasteiger partial charge in [-0.3, -0.25) is 0 Å². The fourth-order valence-corrected chi connectivity index (χ4v) is 0.771. The fourth-order valence-electron chi connectivity index (χ4n) is 0.771. The first-order valence-corrected chi connectivity index (χ1v) is 3.14. The van der Waals surface area contributed by atoms with Crippen LogP contribution in [-0.2, 0) is 0 Å². The molecule has 0 aliphatic carbocycles. The van der Waals surface area contributed by atoms with E-state index in [1.165, 1.54) is 24.3 Å². The van der Waals surface area contributed by atoms with Crippen molar-refractivity contribution in [3.8, 4) is 5.75 Å². The molecule has 0 amide bonds. The first-order chi connectivity index (χ1) is 7.59. The molecule has 0 aliphatic rings. The summed E-state index contributed by atoms with van der Waals surface area (Å²) in [6.07, 6.45) is 0. The Morgan fingerprint density at radius 3 is 3.08 bits per heavy atom. The summed E-state index contributed by atoms with van der Waals surface area (Å²) in [5.41, 5.74) is 5.86. The standard InChI is InChI=1S/C9H13NO.ClH/c1-7(10)8-4-3-5-9(6-8)11-2;/h3-7H,10H2,1-2H3;1H/i1D3,2D3;. The first kappa shape index (κ1) is 4.49. The molecule has 0 fully saturated rings. The van der Waals surface area contributed by atoms with Crippen LogP contribution >= 0.6 is 12.4 Å². The van der Waals surface area contributed by atoms with Gasteiger partial charge in [0.2, 0.25) is 0 Å². The van der Waals surface area contributed by atoms with Crippen LogP contribution in [0.25, 0.3) is 0 Å². The zero-order chi connectivity index (χ0) is 13.3. The number of benzene rings is 1. The van der Waals surface area contributed by atoms with Crippen molar-refractivity contribution in [2.75, 3.05) is 7.04 Å². The minimum Gasteiger partial charge on any atom is -0.497 e. The molecule has 0 aromatic heterocycles. The van der Waals surface area contributed by atoms with Crippen molar-refractivity contribution in [2.45, 2.75) is 12.9 Å². The van der Waals surface area contributed by atoms with Crippen LogP contribution in [0.1, 0.15) is 26.7 Å². The molecule has 68 valence electrons. The lowest BCUT2D eigenvalue weighted by molar-refractivity contribution is 0.414. The molecule has 1 atom stereocenters. The molecule has 1 unspecified atom stereocenters. The number of methoxy groups -OCH3 is 1. The van der Waals surface area contributed by atoms with E-state index in [0.717, 1.165) is 0 Å². The van der Waals surface area contributed by atoms with E-state index in [4.69, 9.17) is 14.0 Å². The van der Waals surface area contributed by atoms with Crippen LogP contribution in [0.5, 0.6) is 5.75 Å². The molecule has 0 aliphatic heterocycles. The molecule has 1 aromatic carbocycles. The Hall–Kier alpha value is -0.730. The van der Waals surface area contributed by atoms with Gasteiger partial charge in [-0.1, -0.05) is 12.1 Å². The molecule has 12 heavy (non-hydrogen) atoms. The third-order valence-electron chi connectivity index (χ3n) is 1.34. The number of rotatable bonds is 2. The molecule has 1 aromatic rings. The Labute approximate surface area is 87.6 Å². The summed E-state index contributed by atoms with van der Waals surface area (Å²) in [5, 5.41) is 0.